The van der Waals surface area contributed by atoms with Crippen molar-refractivity contribution in [2.75, 3.05) is 0 Å². The molecule has 0 bridgehead atoms. The number of hydrogen-bond acceptors (Lipinski definition) is 4. The van der Waals surface area contributed by atoms with Gasteiger partial charge < -0.3 is 5.11 Å². The lowest BCUT2D eigenvalue weighted by Gasteiger charge is -2.23. The largest absolute Gasteiger partial charge is 0.478 e. The second-order valence-corrected chi connectivity index (χ2v) is 7.85. The fourth-order valence-electron chi connectivity index (χ4n) is 3.53. The SMILES string of the molecule is CC(C(=O)O)=C1CCC(c2nc(Cl)c3c(n2)sc2ccccc23)CC1. The third-order valence-electron chi connectivity index (χ3n) is 5.02. The van der Waals surface area contributed by atoms with Crippen molar-refractivity contribution < 1.29 is 9.90 Å². The summed E-state index contributed by atoms with van der Waals surface area (Å²) in [6, 6.07) is 8.14. The summed E-state index contributed by atoms with van der Waals surface area (Å²) in [5.74, 6) is 0.202. The molecule has 0 saturated heterocycles. The molecular formula is C19H17ClN2O2S. The summed E-state index contributed by atoms with van der Waals surface area (Å²) in [5.41, 5.74) is 1.52. The molecule has 2 heterocycles. The van der Waals surface area contributed by atoms with E-state index in [0.717, 1.165) is 57.4 Å². The Morgan fingerprint density at radius 1 is 1.24 bits per heavy atom. The lowest BCUT2D eigenvalue weighted by atomic mass is 9.83. The van der Waals surface area contributed by atoms with Crippen molar-refractivity contribution in [2.24, 2.45) is 0 Å². The average molecular weight is 373 g/mol. The van der Waals surface area contributed by atoms with E-state index >= 15 is 0 Å². The number of carboxylic acids is 1. The minimum Gasteiger partial charge on any atom is -0.478 e. The molecule has 3 aromatic rings. The maximum absolute atomic E-state index is 11.1. The first-order valence-electron chi connectivity index (χ1n) is 8.31. The van der Waals surface area contributed by atoms with Gasteiger partial charge in [0.1, 0.15) is 15.8 Å². The Labute approximate surface area is 154 Å². The van der Waals surface area contributed by atoms with Gasteiger partial charge >= 0.3 is 5.97 Å². The molecule has 1 fully saturated rings. The molecular weight excluding hydrogens is 356 g/mol. The quantitative estimate of drug-likeness (QED) is 0.472. The summed E-state index contributed by atoms with van der Waals surface area (Å²) in [5, 5.41) is 11.7. The zero-order valence-electron chi connectivity index (χ0n) is 13.8. The van der Waals surface area contributed by atoms with Crippen molar-refractivity contribution in [3.05, 3.63) is 46.4 Å². The van der Waals surface area contributed by atoms with Crippen LogP contribution in [0.4, 0.5) is 0 Å². The number of nitrogens with zero attached hydrogens (tertiary/aromatic N) is 2. The molecule has 0 radical (unpaired) electrons. The fraction of sp³-hybridized carbons (Fsp3) is 0.316. The molecule has 1 N–H and O–H groups in total. The highest BCUT2D eigenvalue weighted by Gasteiger charge is 2.24. The zero-order chi connectivity index (χ0) is 17.6. The number of halogens is 1. The molecule has 4 nitrogen and oxygen atoms in total. The monoisotopic (exact) mass is 372 g/mol. The summed E-state index contributed by atoms with van der Waals surface area (Å²) in [6.07, 6.45) is 3.31. The standard InChI is InChI=1S/C19H17ClN2O2S/c1-10(19(23)24)11-6-8-12(9-7-11)17-21-16(20)15-13-4-2-3-5-14(13)25-18(15)22-17/h2-5,12H,6-9H2,1H3,(H,23,24). The summed E-state index contributed by atoms with van der Waals surface area (Å²) in [7, 11) is 0. The minimum atomic E-state index is -0.820. The number of aliphatic carboxylic acids is 1. The molecule has 0 amide bonds. The van der Waals surface area contributed by atoms with E-state index in [2.05, 4.69) is 17.1 Å². The van der Waals surface area contributed by atoms with E-state index in [1.807, 2.05) is 12.1 Å². The van der Waals surface area contributed by atoms with E-state index in [1.165, 1.54) is 0 Å². The number of benzene rings is 1. The second kappa shape index (κ2) is 6.39. The van der Waals surface area contributed by atoms with Gasteiger partial charge in [0.2, 0.25) is 0 Å². The van der Waals surface area contributed by atoms with Gasteiger partial charge in [-0.15, -0.1) is 11.3 Å². The van der Waals surface area contributed by atoms with Crippen molar-refractivity contribution in [1.82, 2.24) is 9.97 Å². The third kappa shape index (κ3) is 2.92. The van der Waals surface area contributed by atoms with Crippen LogP contribution >= 0.6 is 22.9 Å². The number of carboxylic acid groups (broad SMARTS) is 1. The van der Waals surface area contributed by atoms with Crippen LogP contribution in [0.2, 0.25) is 5.15 Å². The fourth-order valence-corrected chi connectivity index (χ4v) is 4.95. The van der Waals surface area contributed by atoms with Gasteiger partial charge in [0, 0.05) is 21.6 Å². The Morgan fingerprint density at radius 3 is 2.68 bits per heavy atom. The maximum atomic E-state index is 11.1. The highest BCUT2D eigenvalue weighted by molar-refractivity contribution is 7.25. The Kier molecular flexibility index (Phi) is 4.21. The van der Waals surface area contributed by atoms with Crippen molar-refractivity contribution in [3.63, 3.8) is 0 Å². The van der Waals surface area contributed by atoms with Crippen LogP contribution in [0.1, 0.15) is 44.3 Å². The predicted octanol–water partition coefficient (Wildman–Crippen LogP) is 5.56. The van der Waals surface area contributed by atoms with Crippen LogP contribution in [0.5, 0.6) is 0 Å². The van der Waals surface area contributed by atoms with Crippen LogP contribution in [0.3, 0.4) is 0 Å². The Morgan fingerprint density at radius 2 is 1.96 bits per heavy atom. The van der Waals surface area contributed by atoms with Gasteiger partial charge in [0.15, 0.2) is 0 Å². The molecule has 0 aliphatic heterocycles. The van der Waals surface area contributed by atoms with E-state index in [0.29, 0.717) is 10.7 Å². The third-order valence-corrected chi connectivity index (χ3v) is 6.36. The maximum Gasteiger partial charge on any atom is 0.331 e. The molecule has 2 aromatic heterocycles. The molecule has 0 unspecified atom stereocenters. The molecule has 0 atom stereocenters. The number of fused-ring (bicyclic) bond motifs is 3. The summed E-state index contributed by atoms with van der Waals surface area (Å²) in [4.78, 5) is 21.4. The van der Waals surface area contributed by atoms with Crippen LogP contribution in [0, 0.1) is 0 Å². The van der Waals surface area contributed by atoms with Gasteiger partial charge in [0.25, 0.3) is 0 Å². The lowest BCUT2D eigenvalue weighted by molar-refractivity contribution is -0.132. The number of rotatable bonds is 2. The van der Waals surface area contributed by atoms with E-state index in [-0.39, 0.29) is 5.92 Å². The van der Waals surface area contributed by atoms with E-state index in [4.69, 9.17) is 21.7 Å². The lowest BCUT2D eigenvalue weighted by Crippen LogP contribution is -2.13. The molecule has 1 aliphatic carbocycles. The molecule has 0 spiro atoms. The number of hydrogen-bond donors (Lipinski definition) is 1. The van der Waals surface area contributed by atoms with Gasteiger partial charge in [-0.2, -0.15) is 0 Å². The van der Waals surface area contributed by atoms with Crippen molar-refractivity contribution >= 4 is 49.2 Å². The normalized spacial score (nSPS) is 18.0. The first-order chi connectivity index (χ1) is 12.0. The Bertz CT molecular complexity index is 1010. The Hall–Kier alpha value is -1.98. The molecule has 4 rings (SSSR count). The topological polar surface area (TPSA) is 63.1 Å². The number of allylic oxidation sites excluding steroid dienone is 1. The molecule has 1 aliphatic rings. The summed E-state index contributed by atoms with van der Waals surface area (Å²) >= 11 is 8.13. The minimum absolute atomic E-state index is 0.234. The first kappa shape index (κ1) is 16.5. The number of carbonyl (C=O) groups is 1. The predicted molar refractivity (Wildman–Crippen MR) is 101 cm³/mol. The zero-order valence-corrected chi connectivity index (χ0v) is 15.3. The number of aromatic nitrogens is 2. The van der Waals surface area contributed by atoms with Crippen LogP contribution in [-0.4, -0.2) is 21.0 Å². The van der Waals surface area contributed by atoms with E-state index in [9.17, 15) is 4.79 Å². The van der Waals surface area contributed by atoms with E-state index in [1.54, 1.807) is 18.3 Å². The molecule has 6 heteroatoms. The van der Waals surface area contributed by atoms with Crippen LogP contribution in [0.25, 0.3) is 20.3 Å². The molecule has 128 valence electrons. The summed E-state index contributed by atoms with van der Waals surface area (Å²) < 4.78 is 1.16. The first-order valence-corrected chi connectivity index (χ1v) is 9.50. The average Bonchev–Trinajstić information content (AvgIpc) is 3.00. The van der Waals surface area contributed by atoms with Crippen LogP contribution in [0.15, 0.2) is 35.4 Å². The van der Waals surface area contributed by atoms with Crippen LogP contribution in [-0.2, 0) is 4.79 Å². The number of thiophene rings is 1. The molecule has 25 heavy (non-hydrogen) atoms. The van der Waals surface area contributed by atoms with Gasteiger partial charge in [-0.3, -0.25) is 0 Å². The van der Waals surface area contributed by atoms with Gasteiger partial charge in [-0.05, 0) is 38.7 Å². The van der Waals surface area contributed by atoms with Crippen LogP contribution < -0.4 is 0 Å². The molecule has 1 aromatic carbocycles. The second-order valence-electron chi connectivity index (χ2n) is 6.46. The van der Waals surface area contributed by atoms with Gasteiger partial charge in [-0.1, -0.05) is 35.4 Å². The van der Waals surface area contributed by atoms with Crippen molar-refractivity contribution in [3.8, 4) is 0 Å². The van der Waals surface area contributed by atoms with E-state index < -0.39 is 5.97 Å². The highest BCUT2D eigenvalue weighted by Crippen LogP contribution is 2.40. The Balaban J connectivity index is 1.68. The smallest absolute Gasteiger partial charge is 0.331 e. The highest BCUT2D eigenvalue weighted by atomic mass is 35.5. The summed E-state index contributed by atoms with van der Waals surface area (Å²) in [6.45, 7) is 1.69. The van der Waals surface area contributed by atoms with Crippen molar-refractivity contribution in [2.45, 2.75) is 38.5 Å². The van der Waals surface area contributed by atoms with Gasteiger partial charge in [0.05, 0.1) is 5.39 Å². The van der Waals surface area contributed by atoms with Crippen molar-refractivity contribution in [1.29, 1.82) is 0 Å². The molecule has 1 saturated carbocycles. The van der Waals surface area contributed by atoms with Gasteiger partial charge in [-0.25, -0.2) is 14.8 Å².